The van der Waals surface area contributed by atoms with Gasteiger partial charge in [-0.05, 0) is 11.1 Å². The van der Waals surface area contributed by atoms with E-state index in [0.717, 1.165) is 33.0 Å². The van der Waals surface area contributed by atoms with Crippen molar-refractivity contribution in [2.45, 2.75) is 25.2 Å². The second-order valence-electron chi connectivity index (χ2n) is 6.28. The van der Waals surface area contributed by atoms with Gasteiger partial charge in [-0.15, -0.1) is 0 Å². The lowest BCUT2D eigenvalue weighted by molar-refractivity contribution is 0.102. The summed E-state index contributed by atoms with van der Waals surface area (Å²) in [5.74, 6) is 0. The molecule has 0 unspecified atom stereocenters. The lowest BCUT2D eigenvalue weighted by Crippen LogP contribution is -2.35. The number of hydrogen-bond acceptors (Lipinski definition) is 3. The van der Waals surface area contributed by atoms with Crippen LogP contribution in [0.15, 0.2) is 60.7 Å². The molecule has 2 fully saturated rings. The molecule has 114 valence electrons. The van der Waals surface area contributed by atoms with E-state index >= 15 is 0 Å². The fourth-order valence-electron chi connectivity index (χ4n) is 3.64. The molecule has 0 aliphatic carbocycles. The molecule has 2 aromatic rings. The predicted molar refractivity (Wildman–Crippen MR) is 87.2 cm³/mol. The van der Waals surface area contributed by atoms with E-state index in [1.165, 1.54) is 11.1 Å². The van der Waals surface area contributed by atoms with Crippen LogP contribution < -0.4 is 0 Å². The fourth-order valence-corrected chi connectivity index (χ4v) is 3.64. The molecule has 0 spiro atoms. The van der Waals surface area contributed by atoms with Gasteiger partial charge >= 0.3 is 0 Å². The minimum absolute atomic E-state index is 0.531. The molecule has 4 rings (SSSR count). The van der Waals surface area contributed by atoms with Crippen molar-refractivity contribution in [3.63, 3.8) is 0 Å². The zero-order valence-electron chi connectivity index (χ0n) is 12.8. The van der Waals surface area contributed by atoms with Gasteiger partial charge in [-0.2, -0.15) is 0 Å². The molecule has 3 heteroatoms. The normalized spacial score (nSPS) is 25.5. The molecule has 0 bridgehead atoms. The maximum absolute atomic E-state index is 5.76. The monoisotopic (exact) mass is 294 g/mol. The van der Waals surface area contributed by atoms with E-state index in [-0.39, 0.29) is 0 Å². The van der Waals surface area contributed by atoms with Crippen molar-refractivity contribution in [2.75, 3.05) is 19.9 Å². The number of fused-ring (bicyclic) bond motifs is 1. The van der Waals surface area contributed by atoms with Crippen LogP contribution in [0.5, 0.6) is 0 Å². The summed E-state index contributed by atoms with van der Waals surface area (Å²) in [6.07, 6.45) is 0. The second-order valence-corrected chi connectivity index (χ2v) is 6.28. The van der Waals surface area contributed by atoms with Gasteiger partial charge in [-0.25, -0.2) is 0 Å². The van der Waals surface area contributed by atoms with Crippen molar-refractivity contribution in [3.05, 3.63) is 71.8 Å². The van der Waals surface area contributed by atoms with Gasteiger partial charge in [0.1, 0.15) is 0 Å². The lowest BCUT2D eigenvalue weighted by atomic mass is 10.1. The highest BCUT2D eigenvalue weighted by atomic mass is 16.5. The molecule has 2 atom stereocenters. The van der Waals surface area contributed by atoms with Gasteiger partial charge in [-0.3, -0.25) is 9.80 Å². The summed E-state index contributed by atoms with van der Waals surface area (Å²) in [5, 5.41) is 0. The van der Waals surface area contributed by atoms with E-state index in [1.807, 2.05) is 0 Å². The number of rotatable bonds is 4. The van der Waals surface area contributed by atoms with Crippen LogP contribution in [0.25, 0.3) is 0 Å². The maximum atomic E-state index is 5.76. The Morgan fingerprint density at radius 1 is 0.727 bits per heavy atom. The summed E-state index contributed by atoms with van der Waals surface area (Å²) in [6.45, 7) is 4.78. The highest BCUT2D eigenvalue weighted by Crippen LogP contribution is 2.29. The topological polar surface area (TPSA) is 15.7 Å². The van der Waals surface area contributed by atoms with E-state index in [9.17, 15) is 0 Å². The first-order valence-corrected chi connectivity index (χ1v) is 8.04. The third-order valence-corrected chi connectivity index (χ3v) is 4.78. The molecule has 0 saturated carbocycles. The van der Waals surface area contributed by atoms with Crippen molar-refractivity contribution < 1.29 is 4.74 Å². The van der Waals surface area contributed by atoms with Crippen LogP contribution in [0.3, 0.4) is 0 Å². The number of hydrogen-bond donors (Lipinski definition) is 0. The Morgan fingerprint density at radius 3 is 1.64 bits per heavy atom. The Morgan fingerprint density at radius 2 is 1.18 bits per heavy atom. The van der Waals surface area contributed by atoms with E-state index < -0.39 is 0 Å². The van der Waals surface area contributed by atoms with Crippen LogP contribution in [-0.4, -0.2) is 41.8 Å². The molecule has 0 N–H and O–H groups in total. The Labute approximate surface area is 132 Å². The Hall–Kier alpha value is -1.68. The molecule has 2 heterocycles. The van der Waals surface area contributed by atoms with E-state index in [4.69, 9.17) is 4.74 Å². The quantitative estimate of drug-likeness (QED) is 0.862. The number of nitrogens with zero attached hydrogens (tertiary/aromatic N) is 2. The van der Waals surface area contributed by atoms with Gasteiger partial charge in [0.25, 0.3) is 0 Å². The summed E-state index contributed by atoms with van der Waals surface area (Å²) in [5.41, 5.74) is 2.77. The van der Waals surface area contributed by atoms with Crippen molar-refractivity contribution in [2.24, 2.45) is 0 Å². The number of benzene rings is 2. The van der Waals surface area contributed by atoms with Gasteiger partial charge in [0.15, 0.2) is 0 Å². The first-order valence-electron chi connectivity index (χ1n) is 8.04. The first kappa shape index (κ1) is 13.9. The molecular formula is C19H22N2O. The molecule has 2 saturated heterocycles. The second kappa shape index (κ2) is 6.21. The SMILES string of the molecule is c1ccc(CN2CN(Cc3ccccc3)[C@H]3COC[C@H]32)cc1. The van der Waals surface area contributed by atoms with Crippen molar-refractivity contribution in [1.29, 1.82) is 0 Å². The molecule has 3 nitrogen and oxygen atoms in total. The van der Waals surface area contributed by atoms with Crippen molar-refractivity contribution in [1.82, 2.24) is 9.80 Å². The Bertz CT molecular complexity index is 548. The minimum Gasteiger partial charge on any atom is -0.378 e. The van der Waals surface area contributed by atoms with Gasteiger partial charge in [-0.1, -0.05) is 60.7 Å². The highest BCUT2D eigenvalue weighted by Gasteiger charge is 2.43. The van der Waals surface area contributed by atoms with E-state index in [2.05, 4.69) is 70.5 Å². The zero-order chi connectivity index (χ0) is 14.8. The van der Waals surface area contributed by atoms with E-state index in [1.54, 1.807) is 0 Å². The standard InChI is InChI=1S/C19H22N2O/c1-3-7-16(8-4-1)11-20-15-21(19-14-22-13-18(19)20)12-17-9-5-2-6-10-17/h1-10,18-19H,11-15H2/t18-,19+. The van der Waals surface area contributed by atoms with E-state index in [0.29, 0.717) is 12.1 Å². The van der Waals surface area contributed by atoms with Gasteiger partial charge < -0.3 is 4.74 Å². The van der Waals surface area contributed by atoms with Crippen molar-refractivity contribution >= 4 is 0 Å². The highest BCUT2D eigenvalue weighted by molar-refractivity contribution is 5.17. The maximum Gasteiger partial charge on any atom is 0.0639 e. The fraction of sp³-hybridized carbons (Fsp3) is 0.368. The Kier molecular flexibility index (Phi) is 3.94. The van der Waals surface area contributed by atoms with Crippen LogP contribution in [0, 0.1) is 0 Å². The molecule has 2 aliphatic rings. The molecule has 0 radical (unpaired) electrons. The summed E-state index contributed by atoms with van der Waals surface area (Å²) in [7, 11) is 0. The lowest BCUT2D eigenvalue weighted by Gasteiger charge is -2.22. The van der Waals surface area contributed by atoms with Crippen LogP contribution in [-0.2, 0) is 17.8 Å². The largest absolute Gasteiger partial charge is 0.378 e. The molecule has 0 aromatic heterocycles. The van der Waals surface area contributed by atoms with Crippen LogP contribution in [0.4, 0.5) is 0 Å². The van der Waals surface area contributed by atoms with Crippen LogP contribution in [0.1, 0.15) is 11.1 Å². The van der Waals surface area contributed by atoms with Gasteiger partial charge in [0, 0.05) is 13.1 Å². The van der Waals surface area contributed by atoms with Crippen LogP contribution >= 0.6 is 0 Å². The van der Waals surface area contributed by atoms with Crippen molar-refractivity contribution in [3.8, 4) is 0 Å². The Balaban J connectivity index is 1.48. The van der Waals surface area contributed by atoms with Gasteiger partial charge in [0.05, 0.1) is 32.0 Å². The summed E-state index contributed by atoms with van der Waals surface area (Å²) in [6, 6.07) is 22.6. The third-order valence-electron chi connectivity index (χ3n) is 4.78. The zero-order valence-corrected chi connectivity index (χ0v) is 12.8. The average molecular weight is 294 g/mol. The molecular weight excluding hydrogens is 272 g/mol. The number of ether oxygens (including phenoxy) is 1. The molecule has 0 amide bonds. The average Bonchev–Trinajstić information content (AvgIpc) is 3.15. The summed E-state index contributed by atoms with van der Waals surface area (Å²) >= 11 is 0. The van der Waals surface area contributed by atoms with Gasteiger partial charge in [0.2, 0.25) is 0 Å². The smallest absolute Gasteiger partial charge is 0.0639 e. The summed E-state index contributed by atoms with van der Waals surface area (Å²) < 4.78 is 5.76. The third kappa shape index (κ3) is 2.80. The predicted octanol–water partition coefficient (Wildman–Crippen LogP) is 2.73. The summed E-state index contributed by atoms with van der Waals surface area (Å²) in [4.78, 5) is 5.13. The van der Waals surface area contributed by atoms with Crippen LogP contribution in [0.2, 0.25) is 0 Å². The first-order chi connectivity index (χ1) is 10.9. The molecule has 2 aliphatic heterocycles. The molecule has 2 aromatic carbocycles. The molecule has 22 heavy (non-hydrogen) atoms. The minimum atomic E-state index is 0.531.